The van der Waals surface area contributed by atoms with Gasteiger partial charge in [-0.1, -0.05) is 35.5 Å². The first-order chi connectivity index (χ1) is 6.20. The lowest BCUT2D eigenvalue weighted by Crippen LogP contribution is -2.21. The highest BCUT2D eigenvalue weighted by molar-refractivity contribution is 9.10. The van der Waals surface area contributed by atoms with Crippen LogP contribution in [0.4, 0.5) is 4.39 Å². The van der Waals surface area contributed by atoms with E-state index in [9.17, 15) is 4.39 Å². The van der Waals surface area contributed by atoms with Gasteiger partial charge in [0, 0.05) is 0 Å². The second kappa shape index (κ2) is 3.10. The molecule has 1 aliphatic heterocycles. The molecule has 2 atom stereocenters. The standard InChI is InChI=1S/C9H7BrFNO/c10-9(11)6-12-13-8(9)7-4-2-1-3-5-7/h1-6,8H. The Morgan fingerprint density at radius 2 is 2.08 bits per heavy atom. The van der Waals surface area contributed by atoms with Crippen molar-refractivity contribution in [3.63, 3.8) is 0 Å². The first-order valence-corrected chi connectivity index (χ1v) is 4.62. The summed E-state index contributed by atoms with van der Waals surface area (Å²) in [6.07, 6.45) is 0.429. The zero-order valence-electron chi connectivity index (χ0n) is 6.65. The first-order valence-electron chi connectivity index (χ1n) is 3.83. The summed E-state index contributed by atoms with van der Waals surface area (Å²) in [4.78, 5) is 4.90. The summed E-state index contributed by atoms with van der Waals surface area (Å²) in [6.45, 7) is 0. The zero-order chi connectivity index (χ0) is 9.31. The van der Waals surface area contributed by atoms with E-state index in [2.05, 4.69) is 21.1 Å². The van der Waals surface area contributed by atoms with Crippen LogP contribution >= 0.6 is 15.9 Å². The van der Waals surface area contributed by atoms with E-state index in [1.54, 1.807) is 12.1 Å². The van der Waals surface area contributed by atoms with Gasteiger partial charge in [-0.15, -0.1) is 0 Å². The lowest BCUT2D eigenvalue weighted by Gasteiger charge is -2.16. The number of alkyl halides is 2. The molecule has 1 aromatic carbocycles. The molecule has 2 nitrogen and oxygen atoms in total. The molecule has 0 aliphatic carbocycles. The fourth-order valence-corrected chi connectivity index (χ4v) is 1.64. The molecular formula is C9H7BrFNO. The number of halogens is 2. The average molecular weight is 244 g/mol. The van der Waals surface area contributed by atoms with Gasteiger partial charge in [0.1, 0.15) is 0 Å². The Morgan fingerprint density at radius 1 is 1.38 bits per heavy atom. The smallest absolute Gasteiger partial charge is 0.246 e. The summed E-state index contributed by atoms with van der Waals surface area (Å²) in [5, 5.41) is 3.45. The minimum Gasteiger partial charge on any atom is -0.383 e. The van der Waals surface area contributed by atoms with Crippen molar-refractivity contribution in [3.05, 3.63) is 35.9 Å². The summed E-state index contributed by atoms with van der Waals surface area (Å²) >= 11 is 2.90. The van der Waals surface area contributed by atoms with Gasteiger partial charge in [-0.05, 0) is 21.5 Å². The highest BCUT2D eigenvalue weighted by Gasteiger charge is 2.42. The maximum atomic E-state index is 13.6. The van der Waals surface area contributed by atoms with E-state index in [4.69, 9.17) is 4.84 Å². The highest BCUT2D eigenvalue weighted by Crippen LogP contribution is 2.40. The molecule has 2 rings (SSSR count). The minimum atomic E-state index is -1.69. The zero-order valence-corrected chi connectivity index (χ0v) is 8.24. The van der Waals surface area contributed by atoms with Crippen molar-refractivity contribution in [2.24, 2.45) is 5.16 Å². The van der Waals surface area contributed by atoms with Gasteiger partial charge in [0.2, 0.25) is 10.7 Å². The van der Waals surface area contributed by atoms with Crippen LogP contribution in [0.1, 0.15) is 11.7 Å². The van der Waals surface area contributed by atoms with Gasteiger partial charge >= 0.3 is 0 Å². The van der Waals surface area contributed by atoms with Crippen molar-refractivity contribution in [3.8, 4) is 0 Å². The molecule has 0 saturated heterocycles. The molecule has 0 amide bonds. The molecule has 0 saturated carbocycles. The van der Waals surface area contributed by atoms with Gasteiger partial charge in [-0.25, -0.2) is 4.39 Å². The average Bonchev–Trinajstić information content (AvgIpc) is 2.47. The fraction of sp³-hybridized carbons (Fsp3) is 0.222. The molecule has 0 N–H and O–H groups in total. The molecule has 0 aromatic heterocycles. The largest absolute Gasteiger partial charge is 0.383 e. The summed E-state index contributed by atoms with van der Waals surface area (Å²) in [5.74, 6) is 0. The Bertz CT molecular complexity index is 326. The SMILES string of the molecule is FC1(Br)C=NOC1c1ccccc1. The van der Waals surface area contributed by atoms with Crippen molar-refractivity contribution in [2.75, 3.05) is 0 Å². The normalized spacial score (nSPS) is 31.7. The van der Waals surface area contributed by atoms with Crippen LogP contribution in [0.5, 0.6) is 0 Å². The van der Waals surface area contributed by atoms with E-state index >= 15 is 0 Å². The van der Waals surface area contributed by atoms with E-state index in [0.29, 0.717) is 0 Å². The van der Waals surface area contributed by atoms with Crippen LogP contribution < -0.4 is 0 Å². The van der Waals surface area contributed by atoms with Gasteiger partial charge in [0.25, 0.3) is 0 Å². The molecule has 0 spiro atoms. The second-order valence-electron chi connectivity index (χ2n) is 2.81. The molecular weight excluding hydrogens is 237 g/mol. The fourth-order valence-electron chi connectivity index (χ4n) is 1.21. The Labute approximate surface area is 83.5 Å². The third-order valence-electron chi connectivity index (χ3n) is 1.84. The van der Waals surface area contributed by atoms with Crippen molar-refractivity contribution in [1.29, 1.82) is 0 Å². The number of hydrogen-bond acceptors (Lipinski definition) is 2. The Hall–Kier alpha value is -0.900. The van der Waals surface area contributed by atoms with Crippen molar-refractivity contribution in [1.82, 2.24) is 0 Å². The quantitative estimate of drug-likeness (QED) is 0.696. The Kier molecular flexibility index (Phi) is 2.07. The van der Waals surface area contributed by atoms with Crippen molar-refractivity contribution in [2.45, 2.75) is 10.7 Å². The molecule has 4 heteroatoms. The lowest BCUT2D eigenvalue weighted by atomic mass is 10.1. The van der Waals surface area contributed by atoms with E-state index in [1.807, 2.05) is 18.2 Å². The first kappa shape index (κ1) is 8.69. The number of benzene rings is 1. The summed E-state index contributed by atoms with van der Waals surface area (Å²) in [7, 11) is 0. The molecule has 1 heterocycles. The van der Waals surface area contributed by atoms with Gasteiger partial charge < -0.3 is 4.84 Å². The van der Waals surface area contributed by atoms with Crippen LogP contribution in [-0.2, 0) is 4.84 Å². The molecule has 68 valence electrons. The van der Waals surface area contributed by atoms with Crippen LogP contribution in [0.15, 0.2) is 35.5 Å². The van der Waals surface area contributed by atoms with Gasteiger partial charge in [-0.2, -0.15) is 0 Å². The van der Waals surface area contributed by atoms with Crippen LogP contribution in [-0.4, -0.2) is 10.8 Å². The van der Waals surface area contributed by atoms with E-state index < -0.39 is 10.7 Å². The number of oxime groups is 1. The van der Waals surface area contributed by atoms with Gasteiger partial charge in [-0.3, -0.25) is 0 Å². The Balaban J connectivity index is 2.29. The second-order valence-corrected chi connectivity index (χ2v) is 4.02. The highest BCUT2D eigenvalue weighted by atomic mass is 79.9. The van der Waals surface area contributed by atoms with Crippen LogP contribution in [0.3, 0.4) is 0 Å². The minimum absolute atomic E-state index is 0.686. The number of rotatable bonds is 1. The number of hydrogen-bond donors (Lipinski definition) is 0. The van der Waals surface area contributed by atoms with Crippen molar-refractivity contribution >= 4 is 22.1 Å². The van der Waals surface area contributed by atoms with Crippen LogP contribution in [0.25, 0.3) is 0 Å². The maximum absolute atomic E-state index is 13.6. The predicted molar refractivity (Wildman–Crippen MR) is 51.5 cm³/mol. The molecule has 0 bridgehead atoms. The van der Waals surface area contributed by atoms with Crippen LogP contribution in [0.2, 0.25) is 0 Å². The number of nitrogens with zero attached hydrogens (tertiary/aromatic N) is 1. The third-order valence-corrected chi connectivity index (χ3v) is 2.46. The molecule has 0 fully saturated rings. The molecule has 2 unspecified atom stereocenters. The monoisotopic (exact) mass is 243 g/mol. The van der Waals surface area contributed by atoms with Gasteiger partial charge in [0.15, 0.2) is 0 Å². The Morgan fingerprint density at radius 3 is 2.62 bits per heavy atom. The molecule has 1 aromatic rings. The van der Waals surface area contributed by atoms with Crippen LogP contribution in [0, 0.1) is 0 Å². The topological polar surface area (TPSA) is 21.6 Å². The maximum Gasteiger partial charge on any atom is 0.246 e. The lowest BCUT2D eigenvalue weighted by molar-refractivity contribution is 0.0412. The molecule has 13 heavy (non-hydrogen) atoms. The predicted octanol–water partition coefficient (Wildman–Crippen LogP) is 2.80. The van der Waals surface area contributed by atoms with E-state index in [1.165, 1.54) is 0 Å². The third kappa shape index (κ3) is 1.58. The van der Waals surface area contributed by atoms with E-state index in [-0.39, 0.29) is 0 Å². The van der Waals surface area contributed by atoms with Crippen molar-refractivity contribution < 1.29 is 9.23 Å². The summed E-state index contributed by atoms with van der Waals surface area (Å²) in [6, 6.07) is 9.14. The summed E-state index contributed by atoms with van der Waals surface area (Å²) < 4.78 is 11.9. The summed E-state index contributed by atoms with van der Waals surface area (Å²) in [5.41, 5.74) is 0.763. The molecule has 0 radical (unpaired) electrons. The van der Waals surface area contributed by atoms with E-state index in [0.717, 1.165) is 11.8 Å². The van der Waals surface area contributed by atoms with Gasteiger partial charge in [0.05, 0.1) is 6.21 Å². The molecule has 1 aliphatic rings.